The molecule has 2 rings (SSSR count). The van der Waals surface area contributed by atoms with Crippen LogP contribution in [0.1, 0.15) is 29.6 Å². The predicted octanol–water partition coefficient (Wildman–Crippen LogP) is 2.12. The van der Waals surface area contributed by atoms with Gasteiger partial charge in [-0.25, -0.2) is 4.79 Å². The molecule has 1 aromatic carbocycles. The summed E-state index contributed by atoms with van der Waals surface area (Å²) in [5.41, 5.74) is 0.134. The third kappa shape index (κ3) is 2.81. The van der Waals surface area contributed by atoms with E-state index in [0.29, 0.717) is 13.0 Å². The van der Waals surface area contributed by atoms with Crippen LogP contribution in [-0.4, -0.2) is 39.6 Å². The smallest absolute Gasteiger partial charge is 0.326 e. The molecule has 1 heterocycles. The zero-order valence-corrected chi connectivity index (χ0v) is 10.9. The number of carbonyl (C=O) groups is 2. The first-order valence-corrected chi connectivity index (χ1v) is 6.41. The van der Waals surface area contributed by atoms with Crippen LogP contribution in [0.4, 0.5) is 0 Å². The molecule has 1 saturated heterocycles. The van der Waals surface area contributed by atoms with Gasteiger partial charge >= 0.3 is 5.97 Å². The number of hydrogen-bond acceptors (Lipinski definition) is 3. The van der Waals surface area contributed by atoms with Crippen LogP contribution >= 0.6 is 11.6 Å². The molecule has 1 atom stereocenters. The lowest BCUT2D eigenvalue weighted by molar-refractivity contribution is -0.143. The molecule has 102 valence electrons. The van der Waals surface area contributed by atoms with Gasteiger partial charge in [0.1, 0.15) is 11.8 Å². The Labute approximate surface area is 115 Å². The Hall–Kier alpha value is -1.75. The van der Waals surface area contributed by atoms with Gasteiger partial charge in [0.25, 0.3) is 5.91 Å². The van der Waals surface area contributed by atoms with Gasteiger partial charge in [-0.1, -0.05) is 11.6 Å². The molecular weight excluding hydrogens is 270 g/mol. The Kier molecular flexibility index (Phi) is 3.95. The van der Waals surface area contributed by atoms with Gasteiger partial charge in [-0.2, -0.15) is 0 Å². The molecule has 19 heavy (non-hydrogen) atoms. The molecule has 1 aliphatic heterocycles. The number of hydrogen-bond donors (Lipinski definition) is 2. The third-order valence-corrected chi connectivity index (χ3v) is 3.56. The van der Waals surface area contributed by atoms with Crippen LogP contribution in [0.3, 0.4) is 0 Å². The molecule has 1 unspecified atom stereocenters. The third-order valence-electron chi connectivity index (χ3n) is 3.23. The second kappa shape index (κ2) is 5.48. The summed E-state index contributed by atoms with van der Waals surface area (Å²) < 4.78 is 0. The molecule has 0 aliphatic carbocycles. The Bertz CT molecular complexity index is 517. The summed E-state index contributed by atoms with van der Waals surface area (Å²) in [5.74, 6) is -1.53. The van der Waals surface area contributed by atoms with Crippen molar-refractivity contribution in [2.24, 2.45) is 0 Å². The maximum Gasteiger partial charge on any atom is 0.326 e. The quantitative estimate of drug-likeness (QED) is 0.871. The van der Waals surface area contributed by atoms with E-state index in [1.165, 1.54) is 23.1 Å². The molecule has 0 radical (unpaired) electrons. The van der Waals surface area contributed by atoms with Gasteiger partial charge in [0.15, 0.2) is 0 Å². The SMILES string of the molecule is O=C(O)C1CCCCN1C(=O)c1cc(O)ccc1Cl. The van der Waals surface area contributed by atoms with Crippen LogP contribution < -0.4 is 0 Å². The number of halogens is 1. The minimum atomic E-state index is -1.01. The fourth-order valence-corrected chi connectivity index (χ4v) is 2.46. The van der Waals surface area contributed by atoms with Gasteiger partial charge < -0.3 is 15.1 Å². The average Bonchev–Trinajstić information content (AvgIpc) is 2.40. The Balaban J connectivity index is 2.31. The summed E-state index contributed by atoms with van der Waals surface area (Å²) in [7, 11) is 0. The normalized spacial score (nSPS) is 19.2. The largest absolute Gasteiger partial charge is 0.508 e. The number of carboxylic acid groups (broad SMARTS) is 1. The predicted molar refractivity (Wildman–Crippen MR) is 69.4 cm³/mol. The van der Waals surface area contributed by atoms with E-state index in [9.17, 15) is 14.7 Å². The summed E-state index contributed by atoms with van der Waals surface area (Å²) in [5, 5.41) is 18.8. The molecule has 5 nitrogen and oxygen atoms in total. The summed E-state index contributed by atoms with van der Waals surface area (Å²) in [4.78, 5) is 24.8. The van der Waals surface area contributed by atoms with Crippen molar-refractivity contribution in [3.63, 3.8) is 0 Å². The summed E-state index contributed by atoms with van der Waals surface area (Å²) in [6, 6.07) is 3.24. The van der Waals surface area contributed by atoms with E-state index in [1.54, 1.807) is 0 Å². The number of amides is 1. The highest BCUT2D eigenvalue weighted by atomic mass is 35.5. The molecule has 0 spiro atoms. The Morgan fingerprint density at radius 3 is 2.74 bits per heavy atom. The van der Waals surface area contributed by atoms with Gasteiger partial charge in [-0.05, 0) is 37.5 Å². The molecule has 0 aromatic heterocycles. The van der Waals surface area contributed by atoms with Crippen LogP contribution in [-0.2, 0) is 4.79 Å². The highest BCUT2D eigenvalue weighted by Gasteiger charge is 2.33. The molecule has 2 N–H and O–H groups in total. The Morgan fingerprint density at radius 2 is 2.05 bits per heavy atom. The van der Waals surface area contributed by atoms with Gasteiger partial charge in [0.2, 0.25) is 0 Å². The molecule has 0 saturated carbocycles. The number of aliphatic carboxylic acids is 1. The first kappa shape index (κ1) is 13.7. The maximum absolute atomic E-state index is 12.4. The molecule has 1 aliphatic rings. The highest BCUT2D eigenvalue weighted by Crippen LogP contribution is 2.26. The minimum absolute atomic E-state index is 0.0726. The molecule has 0 bridgehead atoms. The van der Waals surface area contributed by atoms with Crippen molar-refractivity contribution in [2.75, 3.05) is 6.54 Å². The Morgan fingerprint density at radius 1 is 1.32 bits per heavy atom. The summed E-state index contributed by atoms with van der Waals surface area (Å²) in [6.45, 7) is 0.391. The number of phenols is 1. The van der Waals surface area contributed by atoms with E-state index >= 15 is 0 Å². The van der Waals surface area contributed by atoms with Crippen LogP contribution in [0.5, 0.6) is 5.75 Å². The molecular formula is C13H14ClNO4. The van der Waals surface area contributed by atoms with Crippen LogP contribution in [0.2, 0.25) is 5.02 Å². The number of rotatable bonds is 2. The molecule has 1 aromatic rings. The van der Waals surface area contributed by atoms with Crippen molar-refractivity contribution in [3.05, 3.63) is 28.8 Å². The number of carboxylic acids is 1. The minimum Gasteiger partial charge on any atom is -0.508 e. The first-order chi connectivity index (χ1) is 9.00. The molecule has 1 amide bonds. The van der Waals surface area contributed by atoms with E-state index in [4.69, 9.17) is 16.7 Å². The van der Waals surface area contributed by atoms with Gasteiger partial charge in [-0.15, -0.1) is 0 Å². The monoisotopic (exact) mass is 283 g/mol. The lowest BCUT2D eigenvalue weighted by Gasteiger charge is -2.33. The van der Waals surface area contributed by atoms with E-state index in [2.05, 4.69) is 0 Å². The van der Waals surface area contributed by atoms with E-state index in [0.717, 1.165) is 12.8 Å². The average molecular weight is 284 g/mol. The van der Waals surface area contributed by atoms with Gasteiger partial charge in [-0.3, -0.25) is 4.79 Å². The number of piperidine rings is 1. The standard InChI is InChI=1S/C13H14ClNO4/c14-10-5-4-8(16)7-9(10)12(17)15-6-2-1-3-11(15)13(18)19/h4-5,7,11,16H,1-3,6H2,(H,18,19). The highest BCUT2D eigenvalue weighted by molar-refractivity contribution is 6.33. The van der Waals surface area contributed by atoms with Gasteiger partial charge in [0, 0.05) is 6.54 Å². The van der Waals surface area contributed by atoms with E-state index in [1.807, 2.05) is 0 Å². The lowest BCUT2D eigenvalue weighted by atomic mass is 10.0. The second-order valence-electron chi connectivity index (χ2n) is 4.51. The zero-order chi connectivity index (χ0) is 14.0. The number of nitrogens with zero attached hydrogens (tertiary/aromatic N) is 1. The molecule has 6 heteroatoms. The van der Waals surface area contributed by atoms with Crippen LogP contribution in [0.25, 0.3) is 0 Å². The maximum atomic E-state index is 12.4. The van der Waals surface area contributed by atoms with Crippen LogP contribution in [0.15, 0.2) is 18.2 Å². The van der Waals surface area contributed by atoms with Crippen molar-refractivity contribution in [3.8, 4) is 5.75 Å². The lowest BCUT2D eigenvalue weighted by Crippen LogP contribution is -2.48. The van der Waals surface area contributed by atoms with Crippen molar-refractivity contribution in [1.29, 1.82) is 0 Å². The van der Waals surface area contributed by atoms with Gasteiger partial charge in [0.05, 0.1) is 10.6 Å². The number of likely N-dealkylation sites (tertiary alicyclic amines) is 1. The van der Waals surface area contributed by atoms with Crippen LogP contribution in [0, 0.1) is 0 Å². The number of carbonyl (C=O) groups excluding carboxylic acids is 1. The second-order valence-corrected chi connectivity index (χ2v) is 4.92. The van der Waals surface area contributed by atoms with E-state index < -0.39 is 17.9 Å². The number of phenolic OH excluding ortho intramolecular Hbond substituents is 1. The fourth-order valence-electron chi connectivity index (χ4n) is 2.26. The first-order valence-electron chi connectivity index (χ1n) is 6.03. The van der Waals surface area contributed by atoms with Crippen molar-refractivity contribution >= 4 is 23.5 Å². The van der Waals surface area contributed by atoms with Crippen molar-refractivity contribution in [2.45, 2.75) is 25.3 Å². The zero-order valence-electron chi connectivity index (χ0n) is 10.2. The number of benzene rings is 1. The van der Waals surface area contributed by atoms with Crippen molar-refractivity contribution in [1.82, 2.24) is 4.90 Å². The van der Waals surface area contributed by atoms with E-state index in [-0.39, 0.29) is 16.3 Å². The summed E-state index contributed by atoms with van der Waals surface area (Å²) >= 11 is 5.93. The fraction of sp³-hybridized carbons (Fsp3) is 0.385. The number of aromatic hydroxyl groups is 1. The molecule has 1 fully saturated rings. The summed E-state index contributed by atoms with van der Waals surface area (Å²) in [6.07, 6.45) is 2.00. The van der Waals surface area contributed by atoms with Crippen molar-refractivity contribution < 1.29 is 19.8 Å². The topological polar surface area (TPSA) is 77.8 Å².